The van der Waals surface area contributed by atoms with Gasteiger partial charge >= 0.3 is 15.2 Å². The van der Waals surface area contributed by atoms with Crippen LogP contribution < -0.4 is 0 Å². The van der Waals surface area contributed by atoms with Crippen LogP contribution in [0.2, 0.25) is 10.0 Å². The molecule has 0 aliphatic heterocycles. The van der Waals surface area contributed by atoms with Crippen LogP contribution in [0.5, 0.6) is 0 Å². The summed E-state index contributed by atoms with van der Waals surface area (Å²) in [5.74, 6) is 0.943. The van der Waals surface area contributed by atoms with Gasteiger partial charge in [0.1, 0.15) is 0 Å². The Hall–Kier alpha value is 0.450. The normalized spacial score (nSPS) is 13.2. The molecule has 0 saturated heterocycles. The molecular weight excluding hydrogens is 561 g/mol. The predicted molar refractivity (Wildman–Crippen MR) is 154 cm³/mol. The van der Waals surface area contributed by atoms with Crippen LogP contribution in [0.25, 0.3) is 0 Å². The molecule has 0 atom stereocenters. The Balaban J connectivity index is 2.90. The van der Waals surface area contributed by atoms with Crippen molar-refractivity contribution >= 4 is 50.2 Å². The molecule has 0 aromatic heterocycles. The van der Waals surface area contributed by atoms with E-state index < -0.39 is 20.6 Å². The fourth-order valence-corrected chi connectivity index (χ4v) is 10.9. The molecule has 0 aliphatic rings. The lowest BCUT2D eigenvalue weighted by Gasteiger charge is -2.35. The summed E-state index contributed by atoms with van der Waals surface area (Å²) < 4.78 is 51.7. The zero-order valence-corrected chi connectivity index (χ0v) is 27.0. The van der Waals surface area contributed by atoms with Crippen molar-refractivity contribution in [3.63, 3.8) is 0 Å². The first kappa shape index (κ1) is 34.5. The van der Waals surface area contributed by atoms with E-state index in [1.807, 2.05) is 12.1 Å². The monoisotopic (exact) mass is 604 g/mol. The molecule has 1 aromatic rings. The lowest BCUT2D eigenvalue weighted by Crippen LogP contribution is -2.23. The summed E-state index contributed by atoms with van der Waals surface area (Å²) in [6.45, 7) is 14.3. The first-order valence-electron chi connectivity index (χ1n) is 12.7. The third-order valence-corrected chi connectivity index (χ3v) is 13.0. The van der Waals surface area contributed by atoms with E-state index in [1.165, 1.54) is 0 Å². The molecule has 1 aromatic carbocycles. The highest BCUT2D eigenvalue weighted by molar-refractivity contribution is 7.99. The molecule has 0 radical (unpaired) electrons. The first-order chi connectivity index (χ1) is 16.7. The lowest BCUT2D eigenvalue weighted by atomic mass is 10.2. The average molecular weight is 606 g/mol. The van der Waals surface area contributed by atoms with E-state index in [-0.39, 0.29) is 24.4 Å². The molecular formula is C25H44Cl2O6P2S. The molecule has 0 amide bonds. The van der Waals surface area contributed by atoms with Crippen LogP contribution in [0.1, 0.15) is 87.5 Å². The van der Waals surface area contributed by atoms with Gasteiger partial charge in [-0.15, -0.1) is 11.8 Å². The molecule has 0 N–H and O–H groups in total. The average Bonchev–Trinajstić information content (AvgIpc) is 2.69. The molecule has 0 heterocycles. The summed E-state index contributed by atoms with van der Waals surface area (Å²) in [5.41, 5.74) is 0. The van der Waals surface area contributed by atoms with Crippen molar-refractivity contribution in [2.24, 2.45) is 0 Å². The summed E-state index contributed by atoms with van der Waals surface area (Å²) in [4.78, 5) is 1.08. The SMILES string of the molecule is CC(C)OP(=O)(OC(C)C)C(CCCCCCSc1ccc(Cl)c(Cl)c1)P(=O)(OC(C)C)OC(C)C. The largest absolute Gasteiger partial charge is 0.346 e. The summed E-state index contributed by atoms with van der Waals surface area (Å²) >= 11 is 13.8. The highest BCUT2D eigenvalue weighted by Crippen LogP contribution is 2.73. The van der Waals surface area contributed by atoms with Crippen LogP contribution in [0.15, 0.2) is 23.1 Å². The summed E-state index contributed by atoms with van der Waals surface area (Å²) in [5, 5.41) is 0.113. The molecule has 1 rings (SSSR count). The summed E-state index contributed by atoms with van der Waals surface area (Å²) in [7, 11) is -7.65. The van der Waals surface area contributed by atoms with Crippen molar-refractivity contribution < 1.29 is 27.2 Å². The Morgan fingerprint density at radius 2 is 1.14 bits per heavy atom. The van der Waals surface area contributed by atoms with Gasteiger partial charge in [0.15, 0.2) is 5.40 Å². The highest BCUT2D eigenvalue weighted by atomic mass is 35.5. The van der Waals surface area contributed by atoms with Crippen molar-refractivity contribution in [3.8, 4) is 0 Å². The third-order valence-electron chi connectivity index (χ3n) is 4.68. The van der Waals surface area contributed by atoms with Crippen LogP contribution in [0, 0.1) is 0 Å². The number of halogens is 2. The van der Waals surface area contributed by atoms with Crippen LogP contribution in [-0.2, 0) is 27.2 Å². The van der Waals surface area contributed by atoms with Crippen LogP contribution in [0.3, 0.4) is 0 Å². The van der Waals surface area contributed by atoms with E-state index in [2.05, 4.69) is 0 Å². The van der Waals surface area contributed by atoms with Gasteiger partial charge in [0, 0.05) is 4.90 Å². The maximum atomic E-state index is 14.1. The topological polar surface area (TPSA) is 71.1 Å². The van der Waals surface area contributed by atoms with Crippen LogP contribution in [0.4, 0.5) is 0 Å². The van der Waals surface area contributed by atoms with E-state index in [0.29, 0.717) is 22.9 Å². The van der Waals surface area contributed by atoms with Gasteiger partial charge in [-0.1, -0.05) is 42.5 Å². The Morgan fingerprint density at radius 1 is 0.694 bits per heavy atom. The van der Waals surface area contributed by atoms with E-state index in [4.69, 9.17) is 41.3 Å². The minimum absolute atomic E-state index is 0.355. The Morgan fingerprint density at radius 3 is 1.56 bits per heavy atom. The van der Waals surface area contributed by atoms with Gasteiger partial charge in [-0.2, -0.15) is 0 Å². The molecule has 11 heteroatoms. The molecule has 0 spiro atoms. The minimum atomic E-state index is -3.83. The molecule has 0 bridgehead atoms. The lowest BCUT2D eigenvalue weighted by molar-refractivity contribution is 0.121. The molecule has 0 unspecified atom stereocenters. The predicted octanol–water partition coefficient (Wildman–Crippen LogP) is 10.4. The zero-order valence-electron chi connectivity index (χ0n) is 22.9. The molecule has 6 nitrogen and oxygen atoms in total. The van der Waals surface area contributed by atoms with Crippen molar-refractivity contribution in [2.45, 2.75) is 122 Å². The summed E-state index contributed by atoms with van der Waals surface area (Å²) in [6, 6.07) is 5.65. The van der Waals surface area contributed by atoms with E-state index in [1.54, 1.807) is 73.2 Å². The van der Waals surface area contributed by atoms with Gasteiger partial charge < -0.3 is 18.1 Å². The van der Waals surface area contributed by atoms with Crippen molar-refractivity contribution in [1.29, 1.82) is 0 Å². The van der Waals surface area contributed by atoms with Crippen molar-refractivity contribution in [1.82, 2.24) is 0 Å². The van der Waals surface area contributed by atoms with E-state index in [9.17, 15) is 9.13 Å². The fourth-order valence-electron chi connectivity index (χ4n) is 3.53. The number of rotatable bonds is 18. The maximum absolute atomic E-state index is 14.1. The van der Waals surface area contributed by atoms with Gasteiger partial charge in [0.05, 0.1) is 34.5 Å². The van der Waals surface area contributed by atoms with E-state index >= 15 is 0 Å². The number of thioether (sulfide) groups is 1. The maximum Gasteiger partial charge on any atom is 0.346 e. The minimum Gasteiger partial charge on any atom is -0.305 e. The van der Waals surface area contributed by atoms with Gasteiger partial charge in [0.25, 0.3) is 0 Å². The Labute approximate surface area is 232 Å². The van der Waals surface area contributed by atoms with Crippen LogP contribution in [-0.4, -0.2) is 35.6 Å². The second kappa shape index (κ2) is 16.5. The summed E-state index contributed by atoms with van der Waals surface area (Å²) in [6.07, 6.45) is 2.41. The highest BCUT2D eigenvalue weighted by Gasteiger charge is 2.52. The van der Waals surface area contributed by atoms with Crippen LogP contribution >= 0.6 is 50.2 Å². The van der Waals surface area contributed by atoms with Gasteiger partial charge in [0.2, 0.25) is 0 Å². The molecule has 0 aliphatic carbocycles. The zero-order chi connectivity index (χ0) is 27.5. The molecule has 36 heavy (non-hydrogen) atoms. The standard InChI is InChI=1S/C25H44Cl2O6P2S/c1-18(2)30-34(28,31-19(3)4)25(35(29,32-20(5)6)33-21(7)8)13-11-9-10-12-16-36-22-14-15-23(26)24(27)17-22/h14-15,17-21,25H,9-13,16H2,1-8H3. The third kappa shape index (κ3) is 12.5. The number of benzene rings is 1. The molecule has 210 valence electrons. The first-order valence-corrected chi connectivity index (χ1v) is 17.7. The van der Waals surface area contributed by atoms with Gasteiger partial charge in [-0.25, -0.2) is 0 Å². The van der Waals surface area contributed by atoms with Gasteiger partial charge in [-0.3, -0.25) is 9.13 Å². The number of hydrogen-bond acceptors (Lipinski definition) is 7. The number of unbranched alkanes of at least 4 members (excludes halogenated alkanes) is 3. The fraction of sp³-hybridized carbons (Fsp3) is 0.760. The van der Waals surface area contributed by atoms with E-state index in [0.717, 1.165) is 29.9 Å². The molecule has 0 fully saturated rings. The quantitative estimate of drug-likeness (QED) is 0.0937. The van der Waals surface area contributed by atoms with Gasteiger partial charge in [-0.05, 0) is 92.2 Å². The second-order valence-corrected chi connectivity index (χ2v) is 16.4. The van der Waals surface area contributed by atoms with Crippen molar-refractivity contribution in [3.05, 3.63) is 28.2 Å². The Bertz CT molecular complexity index is 816. The number of hydrogen-bond donors (Lipinski definition) is 0. The van der Waals surface area contributed by atoms with Crippen molar-refractivity contribution in [2.75, 3.05) is 5.75 Å². The second-order valence-electron chi connectivity index (χ2n) is 9.80. The Kier molecular flexibility index (Phi) is 15.8. The smallest absolute Gasteiger partial charge is 0.305 e. The molecule has 0 saturated carbocycles.